The maximum Gasteiger partial charge on any atom is 0.276 e. The molecule has 2 N–H and O–H groups in total. The molecule has 0 radical (unpaired) electrons. The molecule has 7 nitrogen and oxygen atoms in total. The molecule has 2 aromatic carbocycles. The van der Waals surface area contributed by atoms with Crippen molar-refractivity contribution < 1.29 is 17.6 Å². The van der Waals surface area contributed by atoms with Crippen LogP contribution in [0.1, 0.15) is 35.5 Å². The first-order valence-electron chi connectivity index (χ1n) is 9.20. The molecule has 0 spiro atoms. The Morgan fingerprint density at radius 2 is 1.83 bits per heavy atom. The summed E-state index contributed by atoms with van der Waals surface area (Å²) in [6.07, 6.45) is 1.65. The summed E-state index contributed by atoms with van der Waals surface area (Å²) in [6.45, 7) is 4.44. The highest BCUT2D eigenvalue weighted by Gasteiger charge is 2.21. The summed E-state index contributed by atoms with van der Waals surface area (Å²) in [4.78, 5) is 12.3. The Labute approximate surface area is 175 Å². The smallest absolute Gasteiger partial charge is 0.276 e. The van der Waals surface area contributed by atoms with Gasteiger partial charge in [-0.3, -0.25) is 14.2 Å². The van der Waals surface area contributed by atoms with Crippen molar-refractivity contribution in [3.63, 3.8) is 0 Å². The second kappa shape index (κ2) is 7.91. The molecular weight excluding hydrogens is 407 g/mol. The topological polar surface area (TPSA) is 93.1 Å². The number of sulfonamides is 1. The van der Waals surface area contributed by atoms with Crippen LogP contribution >= 0.6 is 0 Å². The first-order chi connectivity index (χ1) is 14.0. The Hall–Kier alpha value is -3.20. The van der Waals surface area contributed by atoms with E-state index in [1.165, 1.54) is 36.7 Å². The summed E-state index contributed by atoms with van der Waals surface area (Å²) < 4.78 is 43.8. The maximum absolute atomic E-state index is 14.2. The number of aromatic nitrogens is 2. The van der Waals surface area contributed by atoms with E-state index in [2.05, 4.69) is 15.1 Å². The quantitative estimate of drug-likeness (QED) is 0.618. The predicted octanol–water partition coefficient (Wildman–Crippen LogP) is 3.99. The molecule has 1 heterocycles. The number of aryl methyl sites for hydroxylation is 2. The Balaban J connectivity index is 1.81. The Bertz CT molecular complexity index is 1200. The number of halogens is 1. The van der Waals surface area contributed by atoms with Crippen molar-refractivity contribution in [1.29, 1.82) is 0 Å². The lowest BCUT2D eigenvalue weighted by molar-refractivity contribution is 0.102. The average Bonchev–Trinajstić information content (AvgIpc) is 3.07. The monoisotopic (exact) mass is 430 g/mol. The van der Waals surface area contributed by atoms with Crippen LogP contribution in [0.2, 0.25) is 0 Å². The SMILES string of the molecule is Cc1cc(NC(=O)c2ccn(C)n2)ccc1S(=O)(=O)Nc1cccc(C(C)(C)F)c1. The van der Waals surface area contributed by atoms with E-state index in [1.54, 1.807) is 50.5 Å². The first-order valence-corrected chi connectivity index (χ1v) is 10.7. The minimum absolute atomic E-state index is 0.0586. The van der Waals surface area contributed by atoms with E-state index in [-0.39, 0.29) is 16.3 Å². The molecule has 0 fully saturated rings. The summed E-state index contributed by atoms with van der Waals surface area (Å²) in [5.41, 5.74) is 0.193. The highest BCUT2D eigenvalue weighted by molar-refractivity contribution is 7.92. The highest BCUT2D eigenvalue weighted by atomic mass is 32.2. The molecule has 0 unspecified atom stereocenters. The van der Waals surface area contributed by atoms with Crippen LogP contribution in [0.5, 0.6) is 0 Å². The third kappa shape index (κ3) is 4.85. The Morgan fingerprint density at radius 1 is 1.10 bits per heavy atom. The van der Waals surface area contributed by atoms with E-state index in [0.29, 0.717) is 16.8 Å². The van der Waals surface area contributed by atoms with Crippen LogP contribution in [-0.4, -0.2) is 24.1 Å². The van der Waals surface area contributed by atoms with Crippen LogP contribution < -0.4 is 10.0 Å². The van der Waals surface area contributed by atoms with Gasteiger partial charge in [-0.25, -0.2) is 12.8 Å². The zero-order chi connectivity index (χ0) is 22.1. The van der Waals surface area contributed by atoms with Gasteiger partial charge in [0.2, 0.25) is 0 Å². The molecule has 0 bridgehead atoms. The molecular formula is C21H23FN4O3S. The molecule has 1 amide bonds. The van der Waals surface area contributed by atoms with E-state index >= 15 is 0 Å². The van der Waals surface area contributed by atoms with Crippen molar-refractivity contribution in [2.75, 3.05) is 10.0 Å². The molecule has 158 valence electrons. The first kappa shape index (κ1) is 21.5. The molecule has 0 saturated heterocycles. The molecule has 3 rings (SSSR count). The second-order valence-electron chi connectivity index (χ2n) is 7.47. The van der Waals surface area contributed by atoms with E-state index < -0.39 is 21.6 Å². The van der Waals surface area contributed by atoms with E-state index in [4.69, 9.17) is 0 Å². The zero-order valence-electron chi connectivity index (χ0n) is 17.1. The van der Waals surface area contributed by atoms with Gasteiger partial charge in [0.15, 0.2) is 5.69 Å². The van der Waals surface area contributed by atoms with Gasteiger partial charge in [-0.15, -0.1) is 0 Å². The van der Waals surface area contributed by atoms with Crippen LogP contribution in [-0.2, 0) is 22.7 Å². The fourth-order valence-electron chi connectivity index (χ4n) is 2.92. The van der Waals surface area contributed by atoms with Crippen molar-refractivity contribution in [3.8, 4) is 0 Å². The van der Waals surface area contributed by atoms with Gasteiger partial charge in [-0.1, -0.05) is 12.1 Å². The Kier molecular flexibility index (Phi) is 5.67. The normalized spacial score (nSPS) is 11.9. The largest absolute Gasteiger partial charge is 0.321 e. The number of benzene rings is 2. The third-order valence-electron chi connectivity index (χ3n) is 4.47. The molecule has 9 heteroatoms. The van der Waals surface area contributed by atoms with Gasteiger partial charge < -0.3 is 5.32 Å². The van der Waals surface area contributed by atoms with Crippen molar-refractivity contribution in [2.24, 2.45) is 7.05 Å². The van der Waals surface area contributed by atoms with Crippen LogP contribution in [0.3, 0.4) is 0 Å². The lowest BCUT2D eigenvalue weighted by atomic mass is 10.00. The van der Waals surface area contributed by atoms with Crippen LogP contribution in [0, 0.1) is 6.92 Å². The summed E-state index contributed by atoms with van der Waals surface area (Å²) in [5, 5.41) is 6.72. The van der Waals surface area contributed by atoms with Crippen LogP contribution in [0.4, 0.5) is 15.8 Å². The molecule has 0 aliphatic rings. The van der Waals surface area contributed by atoms with Crippen LogP contribution in [0.25, 0.3) is 0 Å². The number of carbonyl (C=O) groups excluding carboxylic acids is 1. The molecule has 3 aromatic rings. The third-order valence-corrected chi connectivity index (χ3v) is 6.01. The molecule has 30 heavy (non-hydrogen) atoms. The minimum Gasteiger partial charge on any atom is -0.321 e. The average molecular weight is 431 g/mol. The lowest BCUT2D eigenvalue weighted by Crippen LogP contribution is -2.16. The number of amides is 1. The molecule has 0 saturated carbocycles. The Morgan fingerprint density at radius 3 is 2.43 bits per heavy atom. The summed E-state index contributed by atoms with van der Waals surface area (Å²) >= 11 is 0. The standard InChI is InChI=1S/C21H23FN4O3S/c1-14-12-16(23-20(27)18-10-11-26(4)24-18)8-9-19(14)30(28,29)25-17-7-5-6-15(13-17)21(2,3)22/h5-13,25H,1-4H3,(H,23,27). The number of anilines is 2. The molecule has 0 atom stereocenters. The molecule has 0 aliphatic carbocycles. The number of alkyl halides is 1. The number of nitrogens with one attached hydrogen (secondary N) is 2. The van der Waals surface area contributed by atoms with Crippen molar-refractivity contribution in [2.45, 2.75) is 31.3 Å². The van der Waals surface area contributed by atoms with Crippen molar-refractivity contribution in [3.05, 3.63) is 71.5 Å². The maximum atomic E-state index is 14.2. The van der Waals surface area contributed by atoms with Crippen molar-refractivity contribution >= 4 is 27.3 Å². The fourth-order valence-corrected chi connectivity index (χ4v) is 4.20. The lowest BCUT2D eigenvalue weighted by Gasteiger charge is -2.17. The second-order valence-corrected chi connectivity index (χ2v) is 9.12. The highest BCUT2D eigenvalue weighted by Crippen LogP contribution is 2.28. The fraction of sp³-hybridized carbons (Fsp3) is 0.238. The number of carbonyl (C=O) groups is 1. The van der Waals surface area contributed by atoms with Gasteiger partial charge in [-0.05, 0) is 68.3 Å². The molecule has 0 aliphatic heterocycles. The van der Waals surface area contributed by atoms with Gasteiger partial charge in [-0.2, -0.15) is 5.10 Å². The van der Waals surface area contributed by atoms with Gasteiger partial charge in [0.25, 0.3) is 15.9 Å². The van der Waals surface area contributed by atoms with Gasteiger partial charge in [0.05, 0.1) is 4.90 Å². The summed E-state index contributed by atoms with van der Waals surface area (Å²) in [6, 6.07) is 12.3. The summed E-state index contributed by atoms with van der Waals surface area (Å²) in [5.74, 6) is -0.394. The van der Waals surface area contributed by atoms with Crippen LogP contribution in [0.15, 0.2) is 59.6 Å². The van der Waals surface area contributed by atoms with E-state index in [0.717, 1.165) is 0 Å². The van der Waals surface area contributed by atoms with Gasteiger partial charge in [0.1, 0.15) is 5.67 Å². The van der Waals surface area contributed by atoms with E-state index in [9.17, 15) is 17.6 Å². The van der Waals surface area contributed by atoms with Gasteiger partial charge >= 0.3 is 0 Å². The van der Waals surface area contributed by atoms with E-state index in [1.807, 2.05) is 0 Å². The zero-order valence-corrected chi connectivity index (χ0v) is 17.9. The summed E-state index contributed by atoms with van der Waals surface area (Å²) in [7, 11) is -2.19. The number of hydrogen-bond acceptors (Lipinski definition) is 4. The van der Waals surface area contributed by atoms with Gasteiger partial charge in [0, 0.05) is 24.6 Å². The number of nitrogens with zero attached hydrogens (tertiary/aromatic N) is 2. The predicted molar refractivity (Wildman–Crippen MR) is 114 cm³/mol. The van der Waals surface area contributed by atoms with Crippen molar-refractivity contribution in [1.82, 2.24) is 9.78 Å². The minimum atomic E-state index is -3.90. The number of hydrogen-bond donors (Lipinski definition) is 2. The number of rotatable bonds is 6. The molecule has 1 aromatic heterocycles.